The van der Waals surface area contributed by atoms with Gasteiger partial charge >= 0.3 is 0 Å². The minimum atomic E-state index is 0.229. The molecular weight excluding hydrogens is 841 g/mol. The van der Waals surface area contributed by atoms with Gasteiger partial charge in [0.1, 0.15) is 41.1 Å². The second kappa shape index (κ2) is 35.3. The Morgan fingerprint density at radius 3 is 1.06 bits per heavy atom. The quantitative estimate of drug-likeness (QED) is 0.0838. The van der Waals surface area contributed by atoms with Gasteiger partial charge in [-0.25, -0.2) is 0 Å². The summed E-state index contributed by atoms with van der Waals surface area (Å²) in [6.45, 7) is 30.5. The highest BCUT2D eigenvalue weighted by Crippen LogP contribution is 2.28. The standard InChI is InChI=1S/C20H26O2.C17H20O2.2C10H14O.C3H8.C2H6/c1-5-15(4)17-7-9-19(10-8-17)22-13-18-12-14(3)11-16(6-2)20(18)21;1-3-14(2)15-9-11-17(12-10-15)19-13-18-16-7-5-4-6-8-16;2*1-3-8(2)9-4-6-10(11)7-5-9;1-3-2;1-2/h7-12,15,21H,5-6,13H2,1-4H3;4-12,14H,3,13H2,1-2H3;2*4-8,11H,3H2,1-2H3;3H2,1-2H3;1-2H3. The SMILES string of the molecule is CC.CCC.CCC(C)c1ccc(O)cc1.CCC(C)c1ccc(O)cc1.CCC(C)c1ccc(OCOc2ccccc2)cc1.CCc1cc(C)cc(COc2ccc(C(C)CC)cc2)c1O. The van der Waals surface area contributed by atoms with Gasteiger partial charge in [0, 0.05) is 5.56 Å². The van der Waals surface area contributed by atoms with E-state index in [0.717, 1.165) is 66.0 Å². The van der Waals surface area contributed by atoms with Crippen LogP contribution >= 0.6 is 0 Å². The molecule has 4 atom stereocenters. The maximum Gasteiger partial charge on any atom is 0.230 e. The average molecular weight is 929 g/mol. The Balaban J connectivity index is 0.000000456. The van der Waals surface area contributed by atoms with Crippen molar-refractivity contribution >= 4 is 0 Å². The number of phenolic OH excluding ortho intramolecular Hbond substituents is 3. The highest BCUT2D eigenvalue weighted by Gasteiger charge is 2.10. The number of para-hydroxylation sites is 1. The molecule has 6 aromatic carbocycles. The summed E-state index contributed by atoms with van der Waals surface area (Å²) in [5.74, 6) is 5.90. The van der Waals surface area contributed by atoms with E-state index in [9.17, 15) is 5.11 Å². The molecule has 6 nitrogen and oxygen atoms in total. The number of ether oxygens (including phenoxy) is 3. The zero-order valence-electron chi connectivity index (χ0n) is 44.3. The van der Waals surface area contributed by atoms with Gasteiger partial charge in [-0.1, -0.05) is 175 Å². The summed E-state index contributed by atoms with van der Waals surface area (Å²) >= 11 is 0. The van der Waals surface area contributed by atoms with Crippen molar-refractivity contribution in [2.75, 3.05) is 6.79 Å². The zero-order chi connectivity index (χ0) is 50.9. The van der Waals surface area contributed by atoms with Crippen molar-refractivity contribution in [2.45, 2.75) is 166 Å². The van der Waals surface area contributed by atoms with Gasteiger partial charge in [0.2, 0.25) is 6.79 Å². The molecular formula is C62H88O6. The molecule has 0 aliphatic heterocycles. The third-order valence-corrected chi connectivity index (χ3v) is 11.7. The fraction of sp³-hybridized carbons (Fsp3) is 0.419. The van der Waals surface area contributed by atoms with Crippen LogP contribution in [0, 0.1) is 6.92 Å². The lowest BCUT2D eigenvalue weighted by Crippen LogP contribution is -2.05. The number of aromatic hydroxyl groups is 3. The molecule has 0 aliphatic rings. The van der Waals surface area contributed by atoms with Crippen LogP contribution in [0.3, 0.4) is 0 Å². The van der Waals surface area contributed by atoms with Crippen molar-refractivity contribution in [3.8, 4) is 34.5 Å². The molecule has 68 heavy (non-hydrogen) atoms. The molecule has 0 saturated carbocycles. The highest BCUT2D eigenvalue weighted by molar-refractivity contribution is 5.43. The molecule has 0 fully saturated rings. The number of phenols is 3. The molecule has 6 aromatic rings. The Hall–Kier alpha value is -5.88. The summed E-state index contributed by atoms with van der Waals surface area (Å²) in [6, 6.07) is 45.0. The molecule has 0 bridgehead atoms. The first-order chi connectivity index (χ1) is 32.7. The van der Waals surface area contributed by atoms with E-state index in [4.69, 9.17) is 24.4 Å². The number of hydrogen-bond acceptors (Lipinski definition) is 6. The second-order valence-electron chi connectivity index (χ2n) is 17.1. The molecule has 0 spiro atoms. The molecule has 372 valence electrons. The van der Waals surface area contributed by atoms with E-state index < -0.39 is 0 Å². The Morgan fingerprint density at radius 1 is 0.412 bits per heavy atom. The highest BCUT2D eigenvalue weighted by atomic mass is 16.7. The minimum absolute atomic E-state index is 0.229. The van der Waals surface area contributed by atoms with Gasteiger partial charge in [-0.2, -0.15) is 0 Å². The number of rotatable bonds is 16. The van der Waals surface area contributed by atoms with Crippen LogP contribution < -0.4 is 14.2 Å². The molecule has 6 heteroatoms. The normalized spacial score (nSPS) is 11.8. The molecule has 3 N–H and O–H groups in total. The lowest BCUT2D eigenvalue weighted by atomic mass is 9.99. The summed E-state index contributed by atoms with van der Waals surface area (Å²) < 4.78 is 16.9. The van der Waals surface area contributed by atoms with Crippen LogP contribution in [0.25, 0.3) is 0 Å². The Kier molecular flexibility index (Phi) is 31.2. The molecule has 0 radical (unpaired) electrons. The lowest BCUT2D eigenvalue weighted by Gasteiger charge is -2.13. The average Bonchev–Trinajstić information content (AvgIpc) is 3.38. The Labute approximate surface area is 413 Å². The third-order valence-electron chi connectivity index (χ3n) is 11.7. The first kappa shape index (κ1) is 60.1. The smallest absolute Gasteiger partial charge is 0.230 e. The van der Waals surface area contributed by atoms with Crippen LogP contribution in [0.15, 0.2) is 140 Å². The summed E-state index contributed by atoms with van der Waals surface area (Å²) in [7, 11) is 0. The number of aryl methyl sites for hydroxylation is 2. The van der Waals surface area contributed by atoms with Crippen molar-refractivity contribution in [3.63, 3.8) is 0 Å². The fourth-order valence-electron chi connectivity index (χ4n) is 6.49. The van der Waals surface area contributed by atoms with Crippen LogP contribution in [0.5, 0.6) is 34.5 Å². The minimum Gasteiger partial charge on any atom is -0.508 e. The molecule has 0 aromatic heterocycles. The van der Waals surface area contributed by atoms with E-state index >= 15 is 0 Å². The van der Waals surface area contributed by atoms with Crippen LogP contribution in [0.1, 0.15) is 185 Å². The first-order valence-corrected chi connectivity index (χ1v) is 25.3. The summed E-state index contributed by atoms with van der Waals surface area (Å²) in [5, 5.41) is 28.3. The van der Waals surface area contributed by atoms with E-state index in [1.54, 1.807) is 24.3 Å². The molecule has 6 rings (SSSR count). The largest absolute Gasteiger partial charge is 0.508 e. The van der Waals surface area contributed by atoms with Gasteiger partial charge in [-0.3, -0.25) is 0 Å². The number of benzene rings is 6. The number of hydrogen-bond donors (Lipinski definition) is 3. The summed E-state index contributed by atoms with van der Waals surface area (Å²) in [5.41, 5.74) is 8.25. The third kappa shape index (κ3) is 23.2. The Morgan fingerprint density at radius 2 is 0.721 bits per heavy atom. The van der Waals surface area contributed by atoms with E-state index in [1.165, 1.54) is 28.7 Å². The van der Waals surface area contributed by atoms with Crippen LogP contribution in [-0.2, 0) is 13.0 Å². The van der Waals surface area contributed by atoms with E-state index in [0.29, 0.717) is 47.5 Å². The molecule has 0 heterocycles. The van der Waals surface area contributed by atoms with Gasteiger partial charge < -0.3 is 29.5 Å². The van der Waals surface area contributed by atoms with Crippen molar-refractivity contribution in [2.24, 2.45) is 0 Å². The van der Waals surface area contributed by atoms with Gasteiger partial charge in [-0.05, 0) is 157 Å². The van der Waals surface area contributed by atoms with Crippen molar-refractivity contribution in [1.82, 2.24) is 0 Å². The van der Waals surface area contributed by atoms with Crippen molar-refractivity contribution in [3.05, 3.63) is 178 Å². The predicted molar refractivity (Wildman–Crippen MR) is 290 cm³/mol. The van der Waals surface area contributed by atoms with Crippen LogP contribution in [0.2, 0.25) is 0 Å². The van der Waals surface area contributed by atoms with Crippen molar-refractivity contribution in [1.29, 1.82) is 0 Å². The van der Waals surface area contributed by atoms with Crippen LogP contribution in [-0.4, -0.2) is 22.1 Å². The maximum atomic E-state index is 10.3. The monoisotopic (exact) mass is 929 g/mol. The summed E-state index contributed by atoms with van der Waals surface area (Å²) in [6.07, 6.45) is 6.65. The first-order valence-electron chi connectivity index (χ1n) is 25.3. The predicted octanol–water partition coefficient (Wildman–Crippen LogP) is 18.2. The second-order valence-corrected chi connectivity index (χ2v) is 17.1. The summed E-state index contributed by atoms with van der Waals surface area (Å²) in [4.78, 5) is 0. The van der Waals surface area contributed by atoms with Gasteiger partial charge in [-0.15, -0.1) is 0 Å². The van der Waals surface area contributed by atoms with Gasteiger partial charge in [0.15, 0.2) is 0 Å². The molecule has 0 amide bonds. The van der Waals surface area contributed by atoms with Gasteiger partial charge in [0.05, 0.1) is 0 Å². The van der Waals surface area contributed by atoms with Crippen molar-refractivity contribution < 1.29 is 29.5 Å². The maximum absolute atomic E-state index is 10.3. The lowest BCUT2D eigenvalue weighted by molar-refractivity contribution is 0.120. The van der Waals surface area contributed by atoms with E-state index in [1.807, 2.05) is 119 Å². The molecule has 0 aliphatic carbocycles. The van der Waals surface area contributed by atoms with E-state index in [2.05, 4.69) is 93.5 Å². The molecule has 4 unspecified atom stereocenters. The van der Waals surface area contributed by atoms with Crippen LogP contribution in [0.4, 0.5) is 0 Å². The topological polar surface area (TPSA) is 88.4 Å². The fourth-order valence-corrected chi connectivity index (χ4v) is 6.49. The van der Waals surface area contributed by atoms with E-state index in [-0.39, 0.29) is 6.79 Å². The molecule has 0 saturated heterocycles. The van der Waals surface area contributed by atoms with Gasteiger partial charge in [0.25, 0.3) is 0 Å². The Bertz CT molecular complexity index is 2080. The zero-order valence-corrected chi connectivity index (χ0v) is 44.3.